The van der Waals surface area contributed by atoms with Crippen molar-refractivity contribution < 1.29 is 19.1 Å². The molecular formula is C12H13FO3S. The molecule has 0 aliphatic rings. The molecule has 1 rings (SSSR count). The van der Waals surface area contributed by atoms with Gasteiger partial charge in [0.05, 0.1) is 5.92 Å². The van der Waals surface area contributed by atoms with Gasteiger partial charge >= 0.3 is 5.97 Å². The first-order valence-electron chi connectivity index (χ1n) is 5.09. The van der Waals surface area contributed by atoms with Gasteiger partial charge in [0.25, 0.3) is 0 Å². The number of hydrogen-bond acceptors (Lipinski definition) is 3. The van der Waals surface area contributed by atoms with E-state index in [4.69, 9.17) is 5.11 Å². The molecule has 0 aliphatic carbocycles. The zero-order chi connectivity index (χ0) is 12.8. The van der Waals surface area contributed by atoms with E-state index in [-0.39, 0.29) is 23.1 Å². The van der Waals surface area contributed by atoms with E-state index < -0.39 is 11.9 Å². The standard InChI is InChI=1S/C12H13FO3S/c1-8(14)17-7-10(12(15)16)5-9-3-2-4-11(13)6-9/h2-4,6,10H,5,7H2,1H3,(H,15,16)/t10-/m1/s1. The van der Waals surface area contributed by atoms with Crippen molar-refractivity contribution in [1.29, 1.82) is 0 Å². The molecule has 0 fully saturated rings. The summed E-state index contributed by atoms with van der Waals surface area (Å²) in [6, 6.07) is 5.84. The lowest BCUT2D eigenvalue weighted by Gasteiger charge is -2.10. The van der Waals surface area contributed by atoms with Crippen molar-refractivity contribution in [1.82, 2.24) is 0 Å². The number of benzene rings is 1. The molecule has 17 heavy (non-hydrogen) atoms. The average molecular weight is 256 g/mol. The van der Waals surface area contributed by atoms with Crippen molar-refractivity contribution in [2.24, 2.45) is 5.92 Å². The Morgan fingerprint density at radius 3 is 2.71 bits per heavy atom. The van der Waals surface area contributed by atoms with E-state index in [9.17, 15) is 14.0 Å². The number of carboxylic acids is 1. The summed E-state index contributed by atoms with van der Waals surface area (Å²) in [4.78, 5) is 21.8. The van der Waals surface area contributed by atoms with Crippen molar-refractivity contribution in [2.75, 3.05) is 5.75 Å². The van der Waals surface area contributed by atoms with Gasteiger partial charge in [0.2, 0.25) is 0 Å². The fourth-order valence-corrected chi connectivity index (χ4v) is 2.08. The van der Waals surface area contributed by atoms with Crippen molar-refractivity contribution in [3.63, 3.8) is 0 Å². The number of carboxylic acid groups (broad SMARTS) is 1. The number of rotatable bonds is 5. The van der Waals surface area contributed by atoms with E-state index in [1.807, 2.05) is 0 Å². The molecule has 0 aliphatic heterocycles. The van der Waals surface area contributed by atoms with E-state index >= 15 is 0 Å². The maximum atomic E-state index is 12.9. The Labute approximate surface area is 103 Å². The minimum absolute atomic E-state index is 0.115. The molecule has 92 valence electrons. The van der Waals surface area contributed by atoms with Crippen LogP contribution in [0.4, 0.5) is 4.39 Å². The molecule has 3 nitrogen and oxygen atoms in total. The number of hydrogen-bond donors (Lipinski definition) is 1. The summed E-state index contributed by atoms with van der Waals surface area (Å²) in [6.45, 7) is 1.39. The monoisotopic (exact) mass is 256 g/mol. The first-order valence-corrected chi connectivity index (χ1v) is 6.08. The zero-order valence-corrected chi connectivity index (χ0v) is 10.2. The molecule has 1 N–H and O–H groups in total. The van der Waals surface area contributed by atoms with E-state index in [1.165, 1.54) is 19.1 Å². The second kappa shape index (κ2) is 6.39. The highest BCUT2D eigenvalue weighted by molar-refractivity contribution is 8.13. The molecular weight excluding hydrogens is 243 g/mol. The van der Waals surface area contributed by atoms with Gasteiger partial charge in [0.15, 0.2) is 5.12 Å². The molecule has 1 aromatic rings. The van der Waals surface area contributed by atoms with E-state index in [2.05, 4.69) is 0 Å². The molecule has 0 bridgehead atoms. The van der Waals surface area contributed by atoms with Crippen LogP contribution in [-0.2, 0) is 16.0 Å². The van der Waals surface area contributed by atoms with Crippen LogP contribution in [0.15, 0.2) is 24.3 Å². The van der Waals surface area contributed by atoms with Crippen molar-refractivity contribution in [3.8, 4) is 0 Å². The van der Waals surface area contributed by atoms with Gasteiger partial charge in [-0.25, -0.2) is 4.39 Å². The molecule has 1 atom stereocenters. The largest absolute Gasteiger partial charge is 0.481 e. The number of carbonyl (C=O) groups is 2. The summed E-state index contributed by atoms with van der Waals surface area (Å²) in [5, 5.41) is 8.88. The summed E-state index contributed by atoms with van der Waals surface area (Å²) < 4.78 is 12.9. The molecule has 5 heteroatoms. The van der Waals surface area contributed by atoms with Crippen LogP contribution in [0.25, 0.3) is 0 Å². The molecule has 0 unspecified atom stereocenters. The molecule has 0 aromatic heterocycles. The maximum absolute atomic E-state index is 12.9. The van der Waals surface area contributed by atoms with Gasteiger partial charge in [-0.05, 0) is 24.1 Å². The third-order valence-electron chi connectivity index (χ3n) is 2.21. The highest BCUT2D eigenvalue weighted by Crippen LogP contribution is 2.16. The molecule has 0 radical (unpaired) electrons. The molecule has 0 saturated carbocycles. The highest BCUT2D eigenvalue weighted by atomic mass is 32.2. The maximum Gasteiger partial charge on any atom is 0.307 e. The van der Waals surface area contributed by atoms with Crippen LogP contribution in [0.3, 0.4) is 0 Å². The van der Waals surface area contributed by atoms with E-state index in [1.54, 1.807) is 12.1 Å². The molecule has 0 heterocycles. The van der Waals surface area contributed by atoms with Crippen LogP contribution in [0, 0.1) is 11.7 Å². The van der Waals surface area contributed by atoms with Crippen molar-refractivity contribution in [3.05, 3.63) is 35.6 Å². The van der Waals surface area contributed by atoms with Gasteiger partial charge in [0, 0.05) is 12.7 Å². The van der Waals surface area contributed by atoms with Crippen LogP contribution in [0.1, 0.15) is 12.5 Å². The topological polar surface area (TPSA) is 54.4 Å². The quantitative estimate of drug-likeness (QED) is 0.878. The lowest BCUT2D eigenvalue weighted by atomic mass is 10.0. The second-order valence-corrected chi connectivity index (χ2v) is 4.87. The summed E-state index contributed by atoms with van der Waals surface area (Å²) in [7, 11) is 0. The summed E-state index contributed by atoms with van der Waals surface area (Å²) in [5.74, 6) is -1.82. The molecule has 0 saturated heterocycles. The number of carbonyl (C=O) groups excluding carboxylic acids is 1. The Morgan fingerprint density at radius 1 is 1.47 bits per heavy atom. The first kappa shape index (κ1) is 13.7. The lowest BCUT2D eigenvalue weighted by molar-refractivity contribution is -0.140. The Bertz CT molecular complexity index is 420. The van der Waals surface area contributed by atoms with E-state index in [0.29, 0.717) is 5.56 Å². The summed E-state index contributed by atoms with van der Waals surface area (Å²) in [5.41, 5.74) is 0.626. The molecule has 1 aromatic carbocycles. The Kier molecular flexibility index (Phi) is 5.15. The van der Waals surface area contributed by atoms with Crippen LogP contribution in [-0.4, -0.2) is 21.9 Å². The minimum atomic E-state index is -0.969. The molecule has 0 spiro atoms. The highest BCUT2D eigenvalue weighted by Gasteiger charge is 2.19. The Hall–Kier alpha value is -1.36. The zero-order valence-electron chi connectivity index (χ0n) is 9.35. The fraction of sp³-hybridized carbons (Fsp3) is 0.333. The predicted octanol–water partition coefficient (Wildman–Crippen LogP) is 2.35. The third kappa shape index (κ3) is 4.99. The van der Waals surface area contributed by atoms with Gasteiger partial charge in [-0.1, -0.05) is 23.9 Å². The summed E-state index contributed by atoms with van der Waals surface area (Å²) in [6.07, 6.45) is 0.230. The number of halogens is 1. The third-order valence-corrected chi connectivity index (χ3v) is 3.18. The predicted molar refractivity (Wildman–Crippen MR) is 64.4 cm³/mol. The normalized spacial score (nSPS) is 12.1. The van der Waals surface area contributed by atoms with Crippen LogP contribution >= 0.6 is 11.8 Å². The Morgan fingerprint density at radius 2 is 2.18 bits per heavy atom. The van der Waals surface area contributed by atoms with Gasteiger partial charge in [-0.3, -0.25) is 9.59 Å². The van der Waals surface area contributed by atoms with Gasteiger partial charge in [-0.15, -0.1) is 0 Å². The fourth-order valence-electron chi connectivity index (χ4n) is 1.38. The molecule has 0 amide bonds. The van der Waals surface area contributed by atoms with Gasteiger partial charge in [-0.2, -0.15) is 0 Å². The lowest BCUT2D eigenvalue weighted by Crippen LogP contribution is -2.19. The summed E-state index contributed by atoms with van der Waals surface area (Å²) >= 11 is 0.978. The SMILES string of the molecule is CC(=O)SC[C@@H](Cc1cccc(F)c1)C(=O)O. The van der Waals surface area contributed by atoms with E-state index in [0.717, 1.165) is 11.8 Å². The average Bonchev–Trinajstić information content (AvgIpc) is 2.23. The Balaban J connectivity index is 2.66. The smallest absolute Gasteiger partial charge is 0.307 e. The minimum Gasteiger partial charge on any atom is -0.481 e. The van der Waals surface area contributed by atoms with Crippen LogP contribution in [0.2, 0.25) is 0 Å². The number of aliphatic carboxylic acids is 1. The van der Waals surface area contributed by atoms with Crippen LogP contribution < -0.4 is 0 Å². The van der Waals surface area contributed by atoms with Crippen LogP contribution in [0.5, 0.6) is 0 Å². The van der Waals surface area contributed by atoms with Crippen molar-refractivity contribution in [2.45, 2.75) is 13.3 Å². The van der Waals surface area contributed by atoms with Gasteiger partial charge in [0.1, 0.15) is 5.82 Å². The first-order chi connectivity index (χ1) is 7.99. The second-order valence-electron chi connectivity index (χ2n) is 3.67. The number of thioether (sulfide) groups is 1. The van der Waals surface area contributed by atoms with Crippen molar-refractivity contribution >= 4 is 22.8 Å². The van der Waals surface area contributed by atoms with Gasteiger partial charge < -0.3 is 5.11 Å².